The van der Waals surface area contributed by atoms with Crippen LogP contribution in [0.2, 0.25) is 0 Å². The van der Waals surface area contributed by atoms with Crippen LogP contribution in [0.1, 0.15) is 35.3 Å². The Labute approximate surface area is 116 Å². The molecule has 0 fully saturated rings. The van der Waals surface area contributed by atoms with Crippen LogP contribution < -0.4 is 5.32 Å². The molecule has 2 N–H and O–H groups in total. The van der Waals surface area contributed by atoms with Crippen molar-refractivity contribution in [2.75, 3.05) is 0 Å². The van der Waals surface area contributed by atoms with E-state index in [4.69, 9.17) is 0 Å². The first-order chi connectivity index (χ1) is 9.09. The lowest BCUT2D eigenvalue weighted by molar-refractivity contribution is 0.0918. The molecule has 0 saturated heterocycles. The maximum Gasteiger partial charge on any atom is 0.274 e. The van der Waals surface area contributed by atoms with Gasteiger partial charge in [0.25, 0.3) is 5.91 Å². The molecule has 0 aliphatic carbocycles. The smallest absolute Gasteiger partial charge is 0.274 e. The maximum absolute atomic E-state index is 12.1. The number of thiophene rings is 1. The summed E-state index contributed by atoms with van der Waals surface area (Å²) in [5.74, 6) is -0.202. The number of nitrogens with zero attached hydrogens (tertiary/aromatic N) is 1. The number of aromatic hydroxyl groups is 1. The van der Waals surface area contributed by atoms with Gasteiger partial charge in [-0.25, -0.2) is 4.98 Å². The van der Waals surface area contributed by atoms with E-state index in [1.165, 1.54) is 12.3 Å². The summed E-state index contributed by atoms with van der Waals surface area (Å²) < 4.78 is 0. The highest BCUT2D eigenvalue weighted by atomic mass is 32.1. The zero-order chi connectivity index (χ0) is 13.8. The first kappa shape index (κ1) is 13.5. The first-order valence-corrected chi connectivity index (χ1v) is 6.96. The fourth-order valence-electron chi connectivity index (χ4n) is 1.82. The summed E-state index contributed by atoms with van der Waals surface area (Å²) in [5.41, 5.74) is 0.0599. The van der Waals surface area contributed by atoms with Gasteiger partial charge in [0.05, 0.1) is 6.04 Å². The normalized spacial score (nSPS) is 12.4. The molecule has 0 saturated carbocycles. The van der Waals surface area contributed by atoms with Crippen LogP contribution in [-0.4, -0.2) is 16.0 Å². The average molecular weight is 276 g/mol. The number of aromatic nitrogens is 1. The zero-order valence-electron chi connectivity index (χ0n) is 10.8. The molecule has 2 heterocycles. The Morgan fingerprint density at radius 3 is 2.74 bits per heavy atom. The molecule has 0 radical (unpaired) electrons. The standard InChI is InChI=1S/C14H16N2O2S/c1-9(2)12(11-6-4-8-19-11)16-14(18)13-10(17)5-3-7-15-13/h3-9,12,17H,1-2H3,(H,16,18). The first-order valence-electron chi connectivity index (χ1n) is 6.08. The van der Waals surface area contributed by atoms with Crippen LogP contribution >= 0.6 is 11.3 Å². The third-order valence-corrected chi connectivity index (χ3v) is 3.76. The second-order valence-electron chi connectivity index (χ2n) is 4.58. The molecule has 4 nitrogen and oxygen atoms in total. The van der Waals surface area contributed by atoms with Crippen molar-refractivity contribution in [2.24, 2.45) is 5.92 Å². The summed E-state index contributed by atoms with van der Waals surface area (Å²) in [4.78, 5) is 17.2. The summed E-state index contributed by atoms with van der Waals surface area (Å²) in [5, 5.41) is 14.5. The summed E-state index contributed by atoms with van der Waals surface area (Å²) in [6, 6.07) is 6.92. The molecule has 0 aliphatic heterocycles. The largest absolute Gasteiger partial charge is 0.505 e. The Hall–Kier alpha value is -1.88. The van der Waals surface area contributed by atoms with Gasteiger partial charge < -0.3 is 10.4 Å². The van der Waals surface area contributed by atoms with Crippen LogP contribution in [0, 0.1) is 5.92 Å². The van der Waals surface area contributed by atoms with Crippen LogP contribution in [0.4, 0.5) is 0 Å². The molecule has 100 valence electrons. The molecule has 0 spiro atoms. The second kappa shape index (κ2) is 5.84. The monoisotopic (exact) mass is 276 g/mol. The molecule has 0 bridgehead atoms. The molecule has 1 amide bonds. The number of amides is 1. The lowest BCUT2D eigenvalue weighted by Crippen LogP contribution is -2.31. The fraction of sp³-hybridized carbons (Fsp3) is 0.286. The van der Waals surface area contributed by atoms with Gasteiger partial charge in [0.1, 0.15) is 5.75 Å². The third kappa shape index (κ3) is 3.12. The van der Waals surface area contributed by atoms with Gasteiger partial charge in [0, 0.05) is 11.1 Å². The van der Waals surface area contributed by atoms with Crippen LogP contribution in [0.25, 0.3) is 0 Å². The molecule has 0 aliphatic rings. The highest BCUT2D eigenvalue weighted by Gasteiger charge is 2.21. The zero-order valence-corrected chi connectivity index (χ0v) is 11.6. The number of nitrogens with one attached hydrogen (secondary N) is 1. The summed E-state index contributed by atoms with van der Waals surface area (Å²) >= 11 is 1.60. The van der Waals surface area contributed by atoms with E-state index in [0.29, 0.717) is 0 Å². The molecule has 2 aromatic heterocycles. The van der Waals surface area contributed by atoms with Crippen molar-refractivity contribution in [1.29, 1.82) is 0 Å². The van der Waals surface area contributed by atoms with Crippen molar-refractivity contribution in [3.63, 3.8) is 0 Å². The Kier molecular flexibility index (Phi) is 4.16. The van der Waals surface area contributed by atoms with E-state index in [-0.39, 0.29) is 29.3 Å². The van der Waals surface area contributed by atoms with Crippen LogP contribution in [0.15, 0.2) is 35.8 Å². The van der Waals surface area contributed by atoms with Crippen LogP contribution in [0.5, 0.6) is 5.75 Å². The molecule has 2 aromatic rings. The van der Waals surface area contributed by atoms with Gasteiger partial charge in [-0.15, -0.1) is 11.3 Å². The molecule has 2 rings (SSSR count). The van der Waals surface area contributed by atoms with Gasteiger partial charge in [0.15, 0.2) is 5.69 Å². The quantitative estimate of drug-likeness (QED) is 0.902. The predicted molar refractivity (Wildman–Crippen MR) is 75.3 cm³/mol. The Morgan fingerprint density at radius 1 is 1.37 bits per heavy atom. The lowest BCUT2D eigenvalue weighted by atomic mass is 10.0. The number of carbonyl (C=O) groups is 1. The molecule has 19 heavy (non-hydrogen) atoms. The van der Waals surface area contributed by atoms with Gasteiger partial charge in [-0.3, -0.25) is 4.79 Å². The highest BCUT2D eigenvalue weighted by Crippen LogP contribution is 2.26. The van der Waals surface area contributed by atoms with Gasteiger partial charge in [-0.05, 0) is 29.5 Å². The fourth-order valence-corrected chi connectivity index (χ4v) is 2.77. The van der Waals surface area contributed by atoms with Gasteiger partial charge in [-0.1, -0.05) is 19.9 Å². The predicted octanol–water partition coefficient (Wildman–Crippen LogP) is 2.98. The van der Waals surface area contributed by atoms with Crippen LogP contribution in [-0.2, 0) is 0 Å². The lowest BCUT2D eigenvalue weighted by Gasteiger charge is -2.21. The van der Waals surface area contributed by atoms with E-state index >= 15 is 0 Å². The SMILES string of the molecule is CC(C)C(NC(=O)c1ncccc1O)c1cccs1. The molecule has 0 aromatic carbocycles. The molecule has 1 atom stereocenters. The average Bonchev–Trinajstić information content (AvgIpc) is 2.89. The Balaban J connectivity index is 2.19. The summed E-state index contributed by atoms with van der Waals surface area (Å²) in [7, 11) is 0. The van der Waals surface area contributed by atoms with Crippen molar-refractivity contribution in [1.82, 2.24) is 10.3 Å². The van der Waals surface area contributed by atoms with Crippen LogP contribution in [0.3, 0.4) is 0 Å². The minimum Gasteiger partial charge on any atom is -0.505 e. The van der Waals surface area contributed by atoms with Gasteiger partial charge in [-0.2, -0.15) is 0 Å². The summed E-state index contributed by atoms with van der Waals surface area (Å²) in [6.07, 6.45) is 1.49. The van der Waals surface area contributed by atoms with E-state index in [0.717, 1.165) is 4.88 Å². The minimum atomic E-state index is -0.356. The second-order valence-corrected chi connectivity index (χ2v) is 5.56. The van der Waals surface area contributed by atoms with E-state index in [1.807, 2.05) is 31.4 Å². The van der Waals surface area contributed by atoms with Crippen molar-refractivity contribution >= 4 is 17.2 Å². The minimum absolute atomic E-state index is 0.0599. The number of hydrogen-bond acceptors (Lipinski definition) is 4. The topological polar surface area (TPSA) is 62.2 Å². The number of rotatable bonds is 4. The maximum atomic E-state index is 12.1. The number of carbonyl (C=O) groups excluding carboxylic acids is 1. The molecular weight excluding hydrogens is 260 g/mol. The van der Waals surface area contributed by atoms with E-state index in [1.54, 1.807) is 17.4 Å². The summed E-state index contributed by atoms with van der Waals surface area (Å²) in [6.45, 7) is 4.09. The highest BCUT2D eigenvalue weighted by molar-refractivity contribution is 7.10. The van der Waals surface area contributed by atoms with Gasteiger partial charge >= 0.3 is 0 Å². The van der Waals surface area contributed by atoms with Crippen molar-refractivity contribution in [3.8, 4) is 5.75 Å². The Bertz CT molecular complexity index is 552. The third-order valence-electron chi connectivity index (χ3n) is 2.80. The molecule has 5 heteroatoms. The van der Waals surface area contributed by atoms with Crippen molar-refractivity contribution in [2.45, 2.75) is 19.9 Å². The number of pyridine rings is 1. The number of hydrogen-bond donors (Lipinski definition) is 2. The van der Waals surface area contributed by atoms with E-state index in [9.17, 15) is 9.90 Å². The Morgan fingerprint density at radius 2 is 2.16 bits per heavy atom. The molecular formula is C14H16N2O2S. The van der Waals surface area contributed by atoms with E-state index < -0.39 is 0 Å². The van der Waals surface area contributed by atoms with E-state index in [2.05, 4.69) is 10.3 Å². The van der Waals surface area contributed by atoms with Gasteiger partial charge in [0.2, 0.25) is 0 Å². The van der Waals surface area contributed by atoms with Crippen molar-refractivity contribution in [3.05, 3.63) is 46.4 Å². The molecule has 1 unspecified atom stereocenters. The van der Waals surface area contributed by atoms with Crippen molar-refractivity contribution < 1.29 is 9.90 Å².